The summed E-state index contributed by atoms with van der Waals surface area (Å²) in [4.78, 5) is 15.8. The summed E-state index contributed by atoms with van der Waals surface area (Å²) in [5, 5.41) is 6.36. The van der Waals surface area contributed by atoms with Gasteiger partial charge in [-0.1, -0.05) is 36.4 Å². The fourth-order valence-electron chi connectivity index (χ4n) is 2.13. The van der Waals surface area contributed by atoms with E-state index in [1.807, 2.05) is 18.2 Å². The topological polar surface area (TPSA) is 58.4 Å². The van der Waals surface area contributed by atoms with Crippen LogP contribution in [0.3, 0.4) is 0 Å². The number of nitrogens with zero attached hydrogens (tertiary/aromatic N) is 2. The van der Waals surface area contributed by atoms with Gasteiger partial charge in [-0.05, 0) is 17.2 Å². The van der Waals surface area contributed by atoms with Crippen LogP contribution in [0.4, 0.5) is 0 Å². The van der Waals surface area contributed by atoms with E-state index in [-0.39, 0.29) is 5.56 Å². The molecule has 2 rings (SSSR count). The lowest BCUT2D eigenvalue weighted by atomic mass is 10.1. The van der Waals surface area contributed by atoms with Gasteiger partial charge in [0.15, 0.2) is 5.96 Å². The SMILES string of the molecule is C=CCNC(=NC)NCc1ccc(Cn2ccccc2=O)cc1. The monoisotopic (exact) mass is 310 g/mol. The quantitative estimate of drug-likeness (QED) is 0.485. The Labute approximate surface area is 136 Å². The normalized spacial score (nSPS) is 11.1. The molecular formula is C18H22N4O. The highest BCUT2D eigenvalue weighted by atomic mass is 16.1. The van der Waals surface area contributed by atoms with Crippen LogP contribution in [-0.4, -0.2) is 24.1 Å². The number of guanidine groups is 1. The molecule has 0 saturated carbocycles. The predicted octanol–water partition coefficient (Wildman–Crippen LogP) is 1.75. The first-order valence-electron chi connectivity index (χ1n) is 7.51. The lowest BCUT2D eigenvalue weighted by Crippen LogP contribution is -2.36. The zero-order chi connectivity index (χ0) is 16.5. The number of hydrogen-bond acceptors (Lipinski definition) is 2. The molecule has 0 aliphatic rings. The van der Waals surface area contributed by atoms with Crippen LogP contribution in [0.5, 0.6) is 0 Å². The summed E-state index contributed by atoms with van der Waals surface area (Å²) in [5.41, 5.74) is 2.25. The van der Waals surface area contributed by atoms with Crippen LogP contribution in [0.25, 0.3) is 0 Å². The van der Waals surface area contributed by atoms with Crippen LogP contribution < -0.4 is 16.2 Å². The Hall–Kier alpha value is -2.82. The Morgan fingerprint density at radius 1 is 1.17 bits per heavy atom. The third-order valence-corrected chi connectivity index (χ3v) is 3.37. The molecule has 0 spiro atoms. The van der Waals surface area contributed by atoms with Crippen LogP contribution in [0, 0.1) is 0 Å². The van der Waals surface area contributed by atoms with Gasteiger partial charge >= 0.3 is 0 Å². The smallest absolute Gasteiger partial charge is 0.250 e. The van der Waals surface area contributed by atoms with Gasteiger partial charge in [0.25, 0.3) is 5.56 Å². The summed E-state index contributed by atoms with van der Waals surface area (Å²) >= 11 is 0. The molecule has 0 unspecified atom stereocenters. The van der Waals surface area contributed by atoms with Gasteiger partial charge in [-0.25, -0.2) is 0 Å². The van der Waals surface area contributed by atoms with Crippen molar-refractivity contribution in [1.29, 1.82) is 0 Å². The maximum Gasteiger partial charge on any atom is 0.250 e. The summed E-state index contributed by atoms with van der Waals surface area (Å²) in [6.45, 7) is 5.60. The second kappa shape index (κ2) is 8.58. The lowest BCUT2D eigenvalue weighted by molar-refractivity contribution is 0.758. The maximum atomic E-state index is 11.7. The minimum Gasteiger partial charge on any atom is -0.353 e. The standard InChI is InChI=1S/C18H22N4O/c1-3-11-20-18(19-2)21-13-15-7-9-16(10-8-15)14-22-12-5-4-6-17(22)23/h3-10,12H,1,11,13-14H2,2H3,(H2,19,20,21). The van der Waals surface area contributed by atoms with Gasteiger partial charge in [0.2, 0.25) is 0 Å². The van der Waals surface area contributed by atoms with Crippen LogP contribution in [0.1, 0.15) is 11.1 Å². The first-order chi connectivity index (χ1) is 11.2. The molecule has 120 valence electrons. The van der Waals surface area contributed by atoms with E-state index in [0.717, 1.165) is 17.1 Å². The van der Waals surface area contributed by atoms with Crippen LogP contribution in [0.2, 0.25) is 0 Å². The third-order valence-electron chi connectivity index (χ3n) is 3.37. The zero-order valence-corrected chi connectivity index (χ0v) is 13.3. The van der Waals surface area contributed by atoms with Gasteiger partial charge in [0, 0.05) is 32.4 Å². The van der Waals surface area contributed by atoms with Crippen molar-refractivity contribution in [1.82, 2.24) is 15.2 Å². The highest BCUT2D eigenvalue weighted by Crippen LogP contribution is 2.05. The summed E-state index contributed by atoms with van der Waals surface area (Å²) in [7, 11) is 1.74. The Kier molecular flexibility index (Phi) is 6.17. The number of aliphatic imine (C=N–C) groups is 1. The van der Waals surface area contributed by atoms with Gasteiger partial charge in [0.05, 0.1) is 6.54 Å². The van der Waals surface area contributed by atoms with Gasteiger partial charge in [-0.3, -0.25) is 9.79 Å². The van der Waals surface area contributed by atoms with E-state index >= 15 is 0 Å². The highest BCUT2D eigenvalue weighted by Gasteiger charge is 2.00. The van der Waals surface area contributed by atoms with Crippen molar-refractivity contribution in [2.45, 2.75) is 13.1 Å². The molecule has 0 fully saturated rings. The van der Waals surface area contributed by atoms with E-state index in [2.05, 4.69) is 34.3 Å². The van der Waals surface area contributed by atoms with E-state index in [1.165, 1.54) is 0 Å². The van der Waals surface area contributed by atoms with E-state index < -0.39 is 0 Å². The highest BCUT2D eigenvalue weighted by molar-refractivity contribution is 5.79. The van der Waals surface area contributed by atoms with E-state index in [9.17, 15) is 4.79 Å². The molecule has 1 heterocycles. The number of nitrogens with one attached hydrogen (secondary N) is 2. The van der Waals surface area contributed by atoms with Gasteiger partial charge < -0.3 is 15.2 Å². The summed E-state index contributed by atoms with van der Waals surface area (Å²) in [6.07, 6.45) is 3.58. The molecule has 5 nitrogen and oxygen atoms in total. The molecule has 0 amide bonds. The summed E-state index contributed by atoms with van der Waals surface area (Å²) in [5.74, 6) is 0.741. The molecule has 0 saturated heterocycles. The minimum absolute atomic E-state index is 0.00957. The summed E-state index contributed by atoms with van der Waals surface area (Å²) < 4.78 is 1.69. The Morgan fingerprint density at radius 3 is 2.57 bits per heavy atom. The van der Waals surface area contributed by atoms with E-state index in [0.29, 0.717) is 19.6 Å². The molecule has 2 aromatic rings. The van der Waals surface area contributed by atoms with Crippen molar-refractivity contribution < 1.29 is 0 Å². The predicted molar refractivity (Wildman–Crippen MR) is 94.6 cm³/mol. The average Bonchev–Trinajstić information content (AvgIpc) is 2.58. The molecule has 0 aliphatic carbocycles. The van der Waals surface area contributed by atoms with Crippen molar-refractivity contribution >= 4 is 5.96 Å². The number of aromatic nitrogens is 1. The fourth-order valence-corrected chi connectivity index (χ4v) is 2.13. The van der Waals surface area contributed by atoms with Gasteiger partial charge in [0.1, 0.15) is 0 Å². The fraction of sp³-hybridized carbons (Fsp3) is 0.222. The number of benzene rings is 1. The molecule has 0 radical (unpaired) electrons. The van der Waals surface area contributed by atoms with Gasteiger partial charge in [-0.15, -0.1) is 6.58 Å². The molecule has 2 N–H and O–H groups in total. The second-order valence-corrected chi connectivity index (χ2v) is 5.08. The second-order valence-electron chi connectivity index (χ2n) is 5.08. The van der Waals surface area contributed by atoms with Crippen LogP contribution in [-0.2, 0) is 13.1 Å². The van der Waals surface area contributed by atoms with E-state index in [4.69, 9.17) is 0 Å². The van der Waals surface area contributed by atoms with Crippen molar-refractivity contribution in [2.24, 2.45) is 4.99 Å². The number of rotatable bonds is 6. The van der Waals surface area contributed by atoms with E-state index in [1.54, 1.807) is 36.0 Å². The number of pyridine rings is 1. The maximum absolute atomic E-state index is 11.7. The van der Waals surface area contributed by atoms with Gasteiger partial charge in [-0.2, -0.15) is 0 Å². The number of hydrogen-bond donors (Lipinski definition) is 2. The molecule has 0 aliphatic heterocycles. The third kappa shape index (κ3) is 5.14. The Bertz CT molecular complexity index is 716. The molecule has 0 atom stereocenters. The Balaban J connectivity index is 1.93. The molecule has 0 bridgehead atoms. The lowest BCUT2D eigenvalue weighted by Gasteiger charge is -2.11. The first kappa shape index (κ1) is 16.5. The molecule has 1 aromatic heterocycles. The first-order valence-corrected chi connectivity index (χ1v) is 7.51. The largest absolute Gasteiger partial charge is 0.353 e. The average molecular weight is 310 g/mol. The molecule has 5 heteroatoms. The van der Waals surface area contributed by atoms with Crippen molar-refractivity contribution in [3.8, 4) is 0 Å². The van der Waals surface area contributed by atoms with Crippen LogP contribution >= 0.6 is 0 Å². The Morgan fingerprint density at radius 2 is 1.91 bits per heavy atom. The molecular weight excluding hydrogens is 288 g/mol. The molecule has 1 aromatic carbocycles. The zero-order valence-electron chi connectivity index (χ0n) is 13.3. The van der Waals surface area contributed by atoms with Crippen molar-refractivity contribution in [3.63, 3.8) is 0 Å². The molecule has 23 heavy (non-hydrogen) atoms. The van der Waals surface area contributed by atoms with Crippen molar-refractivity contribution in [2.75, 3.05) is 13.6 Å². The minimum atomic E-state index is 0.00957. The summed E-state index contributed by atoms with van der Waals surface area (Å²) in [6, 6.07) is 13.4. The van der Waals surface area contributed by atoms with Crippen LogP contribution in [0.15, 0.2) is 71.1 Å². The van der Waals surface area contributed by atoms with Crippen molar-refractivity contribution in [3.05, 3.63) is 82.8 Å².